The maximum absolute atomic E-state index is 12.4. The molecule has 4 heteroatoms. The van der Waals surface area contributed by atoms with Gasteiger partial charge in [0, 0.05) is 18.6 Å². The van der Waals surface area contributed by atoms with E-state index in [0.29, 0.717) is 11.5 Å². The van der Waals surface area contributed by atoms with Gasteiger partial charge in [0.05, 0.1) is 11.3 Å². The summed E-state index contributed by atoms with van der Waals surface area (Å²) in [5, 5.41) is 4.16. The summed E-state index contributed by atoms with van der Waals surface area (Å²) in [6.45, 7) is 0. The van der Waals surface area contributed by atoms with E-state index in [4.69, 9.17) is 0 Å². The summed E-state index contributed by atoms with van der Waals surface area (Å²) < 4.78 is 1.93. The SMILES string of the molecule is O=C(NN=CC1CCCCC1)c1ccccc1-n1cccc1. The molecule has 1 fully saturated rings. The second-order valence-corrected chi connectivity index (χ2v) is 5.72. The molecule has 2 aromatic rings. The Morgan fingerprint density at radius 3 is 2.59 bits per heavy atom. The fourth-order valence-electron chi connectivity index (χ4n) is 2.93. The van der Waals surface area contributed by atoms with Crippen LogP contribution in [0.25, 0.3) is 5.69 Å². The van der Waals surface area contributed by atoms with E-state index in [1.807, 2.05) is 59.6 Å². The molecule has 0 atom stereocenters. The van der Waals surface area contributed by atoms with Crippen LogP contribution in [0.5, 0.6) is 0 Å². The Balaban J connectivity index is 1.69. The van der Waals surface area contributed by atoms with Crippen LogP contribution in [0.2, 0.25) is 0 Å². The highest BCUT2D eigenvalue weighted by molar-refractivity contribution is 5.97. The van der Waals surface area contributed by atoms with E-state index < -0.39 is 0 Å². The molecule has 0 saturated heterocycles. The van der Waals surface area contributed by atoms with Gasteiger partial charge in [0.15, 0.2) is 0 Å². The molecule has 22 heavy (non-hydrogen) atoms. The number of carbonyl (C=O) groups is 1. The maximum atomic E-state index is 12.4. The molecule has 0 unspecified atom stereocenters. The Morgan fingerprint density at radius 1 is 1.09 bits per heavy atom. The Bertz CT molecular complexity index is 640. The molecule has 3 rings (SSSR count). The third-order valence-electron chi connectivity index (χ3n) is 4.13. The van der Waals surface area contributed by atoms with Crippen molar-refractivity contribution < 1.29 is 4.79 Å². The number of rotatable bonds is 4. The van der Waals surface area contributed by atoms with Crippen molar-refractivity contribution in [3.63, 3.8) is 0 Å². The van der Waals surface area contributed by atoms with Gasteiger partial charge in [-0.2, -0.15) is 5.10 Å². The number of carbonyl (C=O) groups excluding carboxylic acids is 1. The first-order valence-electron chi connectivity index (χ1n) is 7.90. The number of para-hydroxylation sites is 1. The first-order valence-corrected chi connectivity index (χ1v) is 7.90. The van der Waals surface area contributed by atoms with Crippen molar-refractivity contribution in [2.75, 3.05) is 0 Å². The minimum absolute atomic E-state index is 0.170. The highest BCUT2D eigenvalue weighted by Crippen LogP contribution is 2.21. The minimum atomic E-state index is -0.170. The van der Waals surface area contributed by atoms with Crippen molar-refractivity contribution in [3.8, 4) is 5.69 Å². The van der Waals surface area contributed by atoms with E-state index in [9.17, 15) is 4.79 Å². The molecule has 1 aromatic carbocycles. The van der Waals surface area contributed by atoms with E-state index in [2.05, 4.69) is 10.5 Å². The van der Waals surface area contributed by atoms with Gasteiger partial charge in [-0.25, -0.2) is 5.43 Å². The van der Waals surface area contributed by atoms with Gasteiger partial charge >= 0.3 is 0 Å². The number of aromatic nitrogens is 1. The van der Waals surface area contributed by atoms with Gasteiger partial charge in [0.25, 0.3) is 5.91 Å². The molecule has 0 bridgehead atoms. The Morgan fingerprint density at radius 2 is 1.82 bits per heavy atom. The van der Waals surface area contributed by atoms with E-state index >= 15 is 0 Å². The van der Waals surface area contributed by atoms with Gasteiger partial charge < -0.3 is 4.57 Å². The highest BCUT2D eigenvalue weighted by atomic mass is 16.2. The molecule has 1 aromatic heterocycles. The van der Waals surface area contributed by atoms with Crippen LogP contribution in [0.3, 0.4) is 0 Å². The summed E-state index contributed by atoms with van der Waals surface area (Å²) in [5.74, 6) is 0.338. The lowest BCUT2D eigenvalue weighted by Gasteiger charge is -2.16. The number of amides is 1. The summed E-state index contributed by atoms with van der Waals surface area (Å²) in [6.07, 6.45) is 12.0. The van der Waals surface area contributed by atoms with Crippen LogP contribution in [-0.2, 0) is 0 Å². The lowest BCUT2D eigenvalue weighted by atomic mass is 9.90. The van der Waals surface area contributed by atoms with Crippen LogP contribution in [-0.4, -0.2) is 16.7 Å². The standard InChI is InChI=1S/C18H21N3O/c22-18(20-19-14-15-8-2-1-3-9-15)16-10-4-5-11-17(16)21-12-6-7-13-21/h4-7,10-15H,1-3,8-9H2,(H,20,22). The average molecular weight is 295 g/mol. The average Bonchev–Trinajstić information content (AvgIpc) is 3.10. The van der Waals surface area contributed by atoms with Gasteiger partial charge in [-0.3, -0.25) is 4.79 Å². The molecule has 0 radical (unpaired) electrons. The third-order valence-corrected chi connectivity index (χ3v) is 4.13. The van der Waals surface area contributed by atoms with Crippen molar-refractivity contribution >= 4 is 12.1 Å². The Kier molecular flexibility index (Phi) is 4.68. The minimum Gasteiger partial charge on any atom is -0.323 e. The number of hydrogen-bond acceptors (Lipinski definition) is 2. The molecule has 0 spiro atoms. The van der Waals surface area contributed by atoms with Gasteiger partial charge in [-0.05, 0) is 43.0 Å². The quantitative estimate of drug-likeness (QED) is 0.677. The summed E-state index contributed by atoms with van der Waals surface area (Å²) in [6, 6.07) is 11.4. The molecule has 4 nitrogen and oxygen atoms in total. The summed E-state index contributed by atoms with van der Waals surface area (Å²) >= 11 is 0. The van der Waals surface area contributed by atoms with Crippen molar-refractivity contribution in [1.82, 2.24) is 9.99 Å². The molecule has 1 saturated carbocycles. The maximum Gasteiger partial charge on any atom is 0.273 e. The molecule has 0 aliphatic heterocycles. The zero-order valence-electron chi connectivity index (χ0n) is 12.6. The first-order chi connectivity index (χ1) is 10.8. The molecular weight excluding hydrogens is 274 g/mol. The van der Waals surface area contributed by atoms with Crippen LogP contribution >= 0.6 is 0 Å². The predicted molar refractivity (Wildman–Crippen MR) is 88.3 cm³/mol. The summed E-state index contributed by atoms with van der Waals surface area (Å²) in [7, 11) is 0. The van der Waals surface area contributed by atoms with Crippen molar-refractivity contribution in [3.05, 3.63) is 54.4 Å². The molecular formula is C18H21N3O. The van der Waals surface area contributed by atoms with Crippen LogP contribution < -0.4 is 5.43 Å². The van der Waals surface area contributed by atoms with E-state index in [1.54, 1.807) is 0 Å². The van der Waals surface area contributed by atoms with Gasteiger partial charge in [0.2, 0.25) is 0 Å². The molecule has 1 amide bonds. The largest absolute Gasteiger partial charge is 0.323 e. The third kappa shape index (κ3) is 3.45. The van der Waals surface area contributed by atoms with Crippen molar-refractivity contribution in [2.24, 2.45) is 11.0 Å². The van der Waals surface area contributed by atoms with Crippen LogP contribution in [0.4, 0.5) is 0 Å². The van der Waals surface area contributed by atoms with E-state index in [0.717, 1.165) is 5.69 Å². The van der Waals surface area contributed by atoms with Crippen LogP contribution in [0.15, 0.2) is 53.9 Å². The lowest BCUT2D eigenvalue weighted by Crippen LogP contribution is -2.20. The number of hydrogen-bond donors (Lipinski definition) is 1. The molecule has 1 aliphatic rings. The predicted octanol–water partition coefficient (Wildman–Crippen LogP) is 3.77. The number of benzene rings is 1. The smallest absolute Gasteiger partial charge is 0.273 e. The second-order valence-electron chi connectivity index (χ2n) is 5.72. The zero-order valence-corrected chi connectivity index (χ0v) is 12.6. The molecule has 1 N–H and O–H groups in total. The van der Waals surface area contributed by atoms with Crippen LogP contribution in [0, 0.1) is 5.92 Å². The van der Waals surface area contributed by atoms with E-state index in [-0.39, 0.29) is 5.91 Å². The molecule has 114 valence electrons. The fourth-order valence-corrected chi connectivity index (χ4v) is 2.93. The zero-order chi connectivity index (χ0) is 15.2. The molecule has 1 aliphatic carbocycles. The van der Waals surface area contributed by atoms with Crippen molar-refractivity contribution in [2.45, 2.75) is 32.1 Å². The number of nitrogens with one attached hydrogen (secondary N) is 1. The summed E-state index contributed by atoms with van der Waals surface area (Å²) in [4.78, 5) is 12.4. The normalized spacial score (nSPS) is 16.0. The molecule has 1 heterocycles. The first kappa shape index (κ1) is 14.6. The van der Waals surface area contributed by atoms with Crippen molar-refractivity contribution in [1.29, 1.82) is 0 Å². The van der Waals surface area contributed by atoms with Gasteiger partial charge in [0.1, 0.15) is 0 Å². The second kappa shape index (κ2) is 7.07. The Hall–Kier alpha value is -2.36. The lowest BCUT2D eigenvalue weighted by molar-refractivity contribution is 0.0955. The highest BCUT2D eigenvalue weighted by Gasteiger charge is 2.13. The fraction of sp³-hybridized carbons (Fsp3) is 0.333. The van der Waals surface area contributed by atoms with Crippen LogP contribution in [0.1, 0.15) is 42.5 Å². The Labute approximate surface area is 130 Å². The summed E-state index contributed by atoms with van der Waals surface area (Å²) in [5.41, 5.74) is 4.15. The number of hydrazone groups is 1. The number of nitrogens with zero attached hydrogens (tertiary/aromatic N) is 2. The topological polar surface area (TPSA) is 46.4 Å². The van der Waals surface area contributed by atoms with E-state index in [1.165, 1.54) is 32.1 Å². The monoisotopic (exact) mass is 295 g/mol. The van der Waals surface area contributed by atoms with Gasteiger partial charge in [-0.15, -0.1) is 0 Å². The van der Waals surface area contributed by atoms with Gasteiger partial charge in [-0.1, -0.05) is 31.4 Å².